The Morgan fingerprint density at radius 3 is 2.54 bits per heavy atom. The van der Waals surface area contributed by atoms with E-state index < -0.39 is 68.2 Å². The molecule has 16 heteroatoms. The van der Waals surface area contributed by atoms with Gasteiger partial charge in [-0.2, -0.15) is 4.98 Å². The van der Waals surface area contributed by atoms with Crippen LogP contribution in [0.2, 0.25) is 5.02 Å². The monoisotopic (exact) mass is 853 g/mol. The molecule has 14 nitrogen and oxygen atoms in total. The highest BCUT2D eigenvalue weighted by molar-refractivity contribution is 7.91. The number of aromatic nitrogens is 1. The Balaban J connectivity index is 1.17. The Kier molecular flexibility index (Phi) is 11.1. The van der Waals surface area contributed by atoms with Crippen LogP contribution in [0.25, 0.3) is 10.8 Å². The summed E-state index contributed by atoms with van der Waals surface area (Å²) in [5.74, 6) is -1.28. The number of fused-ring (bicyclic) bond motifs is 4. The minimum atomic E-state index is -4.02. The van der Waals surface area contributed by atoms with Gasteiger partial charge in [0.25, 0.3) is 5.91 Å². The number of sulfonamides is 1. The first-order valence-corrected chi connectivity index (χ1v) is 23.2. The van der Waals surface area contributed by atoms with E-state index in [-0.39, 0.29) is 43.1 Å². The fourth-order valence-electron chi connectivity index (χ4n) is 9.90. The summed E-state index contributed by atoms with van der Waals surface area (Å²) in [7, 11) is -4.02. The molecule has 2 aromatic rings. The molecule has 0 bridgehead atoms. The summed E-state index contributed by atoms with van der Waals surface area (Å²) < 4.78 is 40.3. The third kappa shape index (κ3) is 8.09. The van der Waals surface area contributed by atoms with Crippen LogP contribution in [0.1, 0.15) is 98.3 Å². The lowest BCUT2D eigenvalue weighted by Crippen LogP contribution is -2.61. The Labute approximate surface area is 350 Å². The number of amides is 4. The zero-order valence-corrected chi connectivity index (χ0v) is 35.8. The second kappa shape index (κ2) is 15.7. The predicted octanol–water partition coefficient (Wildman–Crippen LogP) is 6.06. The summed E-state index contributed by atoms with van der Waals surface area (Å²) in [4.78, 5) is 64.9. The molecular formula is C43H56ClN5O9S. The van der Waals surface area contributed by atoms with Gasteiger partial charge in [-0.25, -0.2) is 13.2 Å². The lowest BCUT2D eigenvalue weighted by atomic mass is 9.86. The second-order valence-corrected chi connectivity index (χ2v) is 21.0. The van der Waals surface area contributed by atoms with E-state index in [0.29, 0.717) is 78.6 Å². The average molecular weight is 854 g/mol. The van der Waals surface area contributed by atoms with Crippen LogP contribution in [0.3, 0.4) is 0 Å². The molecule has 320 valence electrons. The van der Waals surface area contributed by atoms with Crippen molar-refractivity contribution >= 4 is 56.2 Å². The topological polar surface area (TPSA) is 185 Å². The smallest absolute Gasteiger partial charge is 0.408 e. The van der Waals surface area contributed by atoms with Crippen molar-refractivity contribution in [3.63, 3.8) is 0 Å². The van der Waals surface area contributed by atoms with Gasteiger partial charge in [0.1, 0.15) is 23.7 Å². The van der Waals surface area contributed by atoms with Crippen LogP contribution >= 0.6 is 11.6 Å². The number of hydrogen-bond acceptors (Lipinski definition) is 9. The van der Waals surface area contributed by atoms with E-state index in [4.69, 9.17) is 21.1 Å². The van der Waals surface area contributed by atoms with E-state index in [1.165, 1.54) is 9.80 Å². The second-order valence-electron chi connectivity index (χ2n) is 18.4. The van der Waals surface area contributed by atoms with Gasteiger partial charge in [0, 0.05) is 40.2 Å². The van der Waals surface area contributed by atoms with E-state index in [1.807, 2.05) is 32.1 Å². The van der Waals surface area contributed by atoms with Gasteiger partial charge in [-0.15, -0.1) is 0 Å². The lowest BCUT2D eigenvalue weighted by Gasteiger charge is -2.40. The molecule has 3 heterocycles. The molecule has 0 unspecified atom stereocenters. The maximum absolute atomic E-state index is 15.3. The van der Waals surface area contributed by atoms with Crippen molar-refractivity contribution in [2.75, 3.05) is 13.2 Å². The van der Waals surface area contributed by atoms with Crippen LogP contribution in [0.4, 0.5) is 4.79 Å². The van der Waals surface area contributed by atoms with E-state index in [9.17, 15) is 27.9 Å². The number of pyridine rings is 1. The fraction of sp³-hybridized carbons (Fsp3) is 0.651. The largest absolute Gasteiger partial charge is 0.478 e. The number of hydrogen-bond donors (Lipinski definition) is 3. The van der Waals surface area contributed by atoms with E-state index in [0.717, 1.165) is 19.3 Å². The van der Waals surface area contributed by atoms with Crippen LogP contribution in [0.15, 0.2) is 36.4 Å². The van der Waals surface area contributed by atoms with Crippen LogP contribution in [0, 0.1) is 29.6 Å². The van der Waals surface area contributed by atoms with Gasteiger partial charge >= 0.3 is 6.09 Å². The van der Waals surface area contributed by atoms with Gasteiger partial charge in [0.2, 0.25) is 33.6 Å². The average Bonchev–Trinajstić information content (AvgIpc) is 4.14. The number of nitrogens with zero attached hydrogens (tertiary/aromatic N) is 3. The minimum Gasteiger partial charge on any atom is -0.478 e. The standard InChI is InChI=1S/C43H56ClN5O9S/c1-5-15-57-35-21-32-31(11-8-12-33(32)44)38(45-35)58-30-20-34-37(50)46-43(40(52)47-59(55,56)42(4)13-14-42)22-28(43)10-7-6-9-24(2)16-25(3)36(39(51)48(34)23-30)49(41(53)54)29-18-26-17-27(26)19-29/h7-8,10-12,21,24-30,34,36H,5-6,9,13-20,22-23H2,1-4H3,(H,46,50)(H,47,52)(H,53,54)/b10-7-/t24-,25+,26-,27-,28+,30+,34-,36-,43+/m0/s1. The number of ether oxygens (including phenoxy) is 2. The summed E-state index contributed by atoms with van der Waals surface area (Å²) in [5.41, 5.74) is -1.56. The lowest BCUT2D eigenvalue weighted by molar-refractivity contribution is -0.145. The zero-order valence-electron chi connectivity index (χ0n) is 34.2. The molecular weight excluding hydrogens is 798 g/mol. The van der Waals surface area contributed by atoms with Crippen molar-refractivity contribution in [2.24, 2.45) is 29.6 Å². The molecule has 3 N–H and O–H groups in total. The molecule has 59 heavy (non-hydrogen) atoms. The Morgan fingerprint density at radius 2 is 1.85 bits per heavy atom. The molecule has 9 atom stereocenters. The van der Waals surface area contributed by atoms with Gasteiger partial charge < -0.3 is 24.8 Å². The fourth-order valence-corrected chi connectivity index (χ4v) is 11.4. The third-order valence-corrected chi connectivity index (χ3v) is 16.3. The first-order valence-electron chi connectivity index (χ1n) is 21.3. The van der Waals surface area contributed by atoms with Crippen LogP contribution in [0.5, 0.6) is 11.8 Å². The van der Waals surface area contributed by atoms with Crippen molar-refractivity contribution in [1.29, 1.82) is 0 Å². The first-order chi connectivity index (χ1) is 28.0. The van der Waals surface area contributed by atoms with Crippen LogP contribution < -0.4 is 19.5 Å². The number of halogens is 1. The van der Waals surface area contributed by atoms with Gasteiger partial charge in [0.15, 0.2) is 0 Å². The first kappa shape index (κ1) is 41.6. The molecule has 4 aliphatic carbocycles. The maximum atomic E-state index is 15.3. The highest BCUT2D eigenvalue weighted by Gasteiger charge is 2.63. The number of allylic oxidation sites excluding steroid dienone is 1. The molecule has 1 aromatic carbocycles. The maximum Gasteiger partial charge on any atom is 0.408 e. The number of carbonyl (C=O) groups excluding carboxylic acids is 3. The summed E-state index contributed by atoms with van der Waals surface area (Å²) >= 11 is 6.63. The zero-order chi connectivity index (χ0) is 42.0. The number of carbonyl (C=O) groups is 4. The normalized spacial score (nSPS) is 33.3. The van der Waals surface area contributed by atoms with Crippen molar-refractivity contribution in [1.82, 2.24) is 24.8 Å². The quantitative estimate of drug-likeness (QED) is 0.238. The van der Waals surface area contributed by atoms with Crippen molar-refractivity contribution in [2.45, 2.75) is 133 Å². The van der Waals surface area contributed by atoms with E-state index >= 15 is 4.79 Å². The summed E-state index contributed by atoms with van der Waals surface area (Å²) in [6.07, 6.45) is 8.11. The van der Waals surface area contributed by atoms with E-state index in [2.05, 4.69) is 21.9 Å². The van der Waals surface area contributed by atoms with Crippen LogP contribution in [-0.4, -0.2) is 99.8 Å². The molecule has 0 radical (unpaired) electrons. The van der Waals surface area contributed by atoms with Gasteiger partial charge in [-0.1, -0.05) is 50.6 Å². The SMILES string of the molecule is CCCOc1cc2c(Cl)cccc2c(O[C@@H]2C[C@H]3C(=O)N[C@]4(C(=O)NS(=O)(=O)C5(C)CC5)C[C@H]4/C=C\CC[C@H](C)C[C@@H](C)[C@H](N(C(=O)O)C4C[C@@H]5C[C@H]5C4)C(=O)N3C2)n1. The number of nitrogens with one attached hydrogen (secondary N) is 2. The van der Waals surface area contributed by atoms with Crippen molar-refractivity contribution in [3.05, 3.63) is 41.4 Å². The number of carboxylic acid groups (broad SMARTS) is 1. The van der Waals surface area contributed by atoms with Crippen molar-refractivity contribution < 1.29 is 42.2 Å². The Hall–Kier alpha value is -4.11. The molecule has 4 saturated carbocycles. The molecule has 5 fully saturated rings. The molecule has 0 spiro atoms. The molecule has 1 saturated heterocycles. The molecule has 2 aliphatic heterocycles. The van der Waals surface area contributed by atoms with Gasteiger partial charge in [-0.05, 0) is 107 Å². The minimum absolute atomic E-state index is 0.00587. The van der Waals surface area contributed by atoms with Crippen molar-refractivity contribution in [3.8, 4) is 11.8 Å². The van der Waals surface area contributed by atoms with E-state index in [1.54, 1.807) is 25.1 Å². The van der Waals surface area contributed by atoms with Gasteiger partial charge in [-0.3, -0.25) is 24.0 Å². The number of rotatable bonds is 10. The summed E-state index contributed by atoms with van der Waals surface area (Å²) in [5, 5.41) is 15.5. The predicted molar refractivity (Wildman–Crippen MR) is 220 cm³/mol. The Morgan fingerprint density at radius 1 is 1.10 bits per heavy atom. The Bertz CT molecular complexity index is 2150. The third-order valence-electron chi connectivity index (χ3n) is 13.8. The van der Waals surface area contributed by atoms with Crippen LogP contribution in [-0.2, 0) is 24.4 Å². The highest BCUT2D eigenvalue weighted by atomic mass is 35.5. The molecule has 1 aromatic heterocycles. The molecule has 4 amide bonds. The number of benzene rings is 1. The highest BCUT2D eigenvalue weighted by Crippen LogP contribution is 2.54. The van der Waals surface area contributed by atoms with Gasteiger partial charge in [0.05, 0.1) is 17.9 Å². The summed E-state index contributed by atoms with van der Waals surface area (Å²) in [6.45, 7) is 7.92. The summed E-state index contributed by atoms with van der Waals surface area (Å²) in [6, 6.07) is 4.50. The molecule has 6 aliphatic rings. The molecule has 8 rings (SSSR count).